The Bertz CT molecular complexity index is 1170. The van der Waals surface area contributed by atoms with Gasteiger partial charge in [0.2, 0.25) is 5.76 Å². The molecule has 6 heteroatoms. The van der Waals surface area contributed by atoms with Crippen LogP contribution in [0.3, 0.4) is 0 Å². The normalized spacial score (nSPS) is 15.6. The van der Waals surface area contributed by atoms with E-state index in [2.05, 4.69) is 19.2 Å². The first-order valence-electron chi connectivity index (χ1n) is 9.65. The molecule has 0 bridgehead atoms. The van der Waals surface area contributed by atoms with E-state index >= 15 is 0 Å². The first-order chi connectivity index (χ1) is 13.8. The minimum atomic E-state index is -0.591. The molecule has 0 spiro atoms. The molecular weight excluding hydrogens is 390 g/mol. The smallest absolute Gasteiger partial charge is 0.288 e. The summed E-state index contributed by atoms with van der Waals surface area (Å²) < 4.78 is 11.6. The summed E-state index contributed by atoms with van der Waals surface area (Å²) in [4.78, 5) is 25.7. The van der Waals surface area contributed by atoms with Gasteiger partial charge in [0, 0.05) is 5.02 Å². The molecule has 1 aromatic heterocycles. The zero-order valence-corrected chi connectivity index (χ0v) is 17.3. The SMILES string of the molecule is Cc1cc2oc3c(c(=O)c2cc1Cl)C(c1cccc(OCCC(C)C)c1)NC3=O. The van der Waals surface area contributed by atoms with Gasteiger partial charge in [-0.05, 0) is 54.7 Å². The van der Waals surface area contributed by atoms with E-state index in [-0.39, 0.29) is 11.2 Å². The van der Waals surface area contributed by atoms with Crippen LogP contribution in [0.1, 0.15) is 53.6 Å². The number of aryl methyl sites for hydroxylation is 1. The summed E-state index contributed by atoms with van der Waals surface area (Å²) in [6.45, 7) is 6.71. The fraction of sp³-hybridized carbons (Fsp3) is 0.304. The molecule has 1 N–H and O–H groups in total. The monoisotopic (exact) mass is 411 g/mol. The quantitative estimate of drug-likeness (QED) is 0.640. The van der Waals surface area contributed by atoms with Crippen LogP contribution in [0.2, 0.25) is 5.02 Å². The van der Waals surface area contributed by atoms with Crippen LogP contribution in [0.4, 0.5) is 0 Å². The van der Waals surface area contributed by atoms with Gasteiger partial charge < -0.3 is 14.5 Å². The Hall–Kier alpha value is -2.79. The molecule has 1 aliphatic rings. The fourth-order valence-corrected chi connectivity index (χ4v) is 3.64. The number of halogens is 1. The predicted octanol–water partition coefficient (Wildman–Crippen LogP) is 5.01. The molecule has 1 aliphatic heterocycles. The van der Waals surface area contributed by atoms with Crippen molar-refractivity contribution in [3.63, 3.8) is 0 Å². The first kappa shape index (κ1) is 19.5. The molecule has 0 fully saturated rings. The molecule has 0 radical (unpaired) electrons. The van der Waals surface area contributed by atoms with E-state index in [0.717, 1.165) is 17.5 Å². The molecule has 150 valence electrons. The Morgan fingerprint density at radius 1 is 1.21 bits per heavy atom. The molecule has 1 atom stereocenters. The summed E-state index contributed by atoms with van der Waals surface area (Å²) in [5.41, 5.74) is 1.96. The molecule has 0 aliphatic carbocycles. The standard InChI is InChI=1S/C23H22ClNO4/c1-12(2)7-8-28-15-6-4-5-14(10-15)20-19-21(26)16-11-17(24)13(3)9-18(16)29-22(19)23(27)25-20/h4-6,9-12,20H,7-8H2,1-3H3,(H,25,27). The van der Waals surface area contributed by atoms with E-state index in [1.54, 1.807) is 12.1 Å². The Labute approximate surface area is 173 Å². The minimum Gasteiger partial charge on any atom is -0.494 e. The number of amides is 1. The van der Waals surface area contributed by atoms with Crippen LogP contribution in [0.15, 0.2) is 45.6 Å². The number of hydrogen-bond acceptors (Lipinski definition) is 4. The van der Waals surface area contributed by atoms with Crippen LogP contribution in [0, 0.1) is 12.8 Å². The number of carbonyl (C=O) groups excluding carboxylic acids is 1. The highest BCUT2D eigenvalue weighted by Crippen LogP contribution is 2.33. The largest absolute Gasteiger partial charge is 0.494 e. The third kappa shape index (κ3) is 3.62. The summed E-state index contributed by atoms with van der Waals surface area (Å²) in [6, 6.07) is 10.1. The predicted molar refractivity (Wildman–Crippen MR) is 113 cm³/mol. The molecule has 29 heavy (non-hydrogen) atoms. The third-order valence-electron chi connectivity index (χ3n) is 5.13. The number of rotatable bonds is 5. The lowest BCUT2D eigenvalue weighted by molar-refractivity contribution is 0.0938. The fourth-order valence-electron chi connectivity index (χ4n) is 3.48. The number of fused-ring (bicyclic) bond motifs is 2. The van der Waals surface area contributed by atoms with Crippen molar-refractivity contribution < 1.29 is 13.9 Å². The average molecular weight is 412 g/mol. The zero-order chi connectivity index (χ0) is 20.7. The van der Waals surface area contributed by atoms with Crippen molar-refractivity contribution >= 4 is 28.5 Å². The van der Waals surface area contributed by atoms with Gasteiger partial charge >= 0.3 is 0 Å². The van der Waals surface area contributed by atoms with Gasteiger partial charge in [-0.1, -0.05) is 37.6 Å². The van der Waals surface area contributed by atoms with Crippen LogP contribution in [0.25, 0.3) is 11.0 Å². The topological polar surface area (TPSA) is 68.5 Å². The van der Waals surface area contributed by atoms with Gasteiger partial charge in [-0.3, -0.25) is 9.59 Å². The molecule has 3 aromatic rings. The van der Waals surface area contributed by atoms with Crippen LogP contribution in [-0.4, -0.2) is 12.5 Å². The average Bonchev–Trinajstić information content (AvgIpc) is 3.00. The Balaban J connectivity index is 1.76. The summed E-state index contributed by atoms with van der Waals surface area (Å²) in [5.74, 6) is 0.908. The lowest BCUT2D eigenvalue weighted by Crippen LogP contribution is -2.22. The van der Waals surface area contributed by atoms with E-state index in [9.17, 15) is 9.59 Å². The molecule has 5 nitrogen and oxygen atoms in total. The summed E-state index contributed by atoms with van der Waals surface area (Å²) in [6.07, 6.45) is 0.947. The molecule has 0 saturated heterocycles. The van der Waals surface area contributed by atoms with Crippen molar-refractivity contribution in [2.75, 3.05) is 6.61 Å². The minimum absolute atomic E-state index is 0.0559. The van der Waals surface area contributed by atoms with Crippen molar-refractivity contribution in [1.82, 2.24) is 5.32 Å². The Morgan fingerprint density at radius 3 is 2.76 bits per heavy atom. The van der Waals surface area contributed by atoms with E-state index in [1.165, 1.54) is 0 Å². The number of carbonyl (C=O) groups is 1. The van der Waals surface area contributed by atoms with E-state index in [4.69, 9.17) is 20.8 Å². The maximum absolute atomic E-state index is 13.2. The number of ether oxygens (including phenoxy) is 1. The van der Waals surface area contributed by atoms with Gasteiger partial charge in [0.1, 0.15) is 11.3 Å². The maximum atomic E-state index is 13.2. The highest BCUT2D eigenvalue weighted by molar-refractivity contribution is 6.32. The van der Waals surface area contributed by atoms with E-state index < -0.39 is 11.9 Å². The van der Waals surface area contributed by atoms with Crippen molar-refractivity contribution in [1.29, 1.82) is 0 Å². The number of nitrogens with one attached hydrogen (secondary N) is 1. The molecule has 1 amide bonds. The van der Waals surface area contributed by atoms with E-state index in [1.807, 2.05) is 31.2 Å². The van der Waals surface area contributed by atoms with Crippen LogP contribution in [-0.2, 0) is 0 Å². The Kier molecular flexibility index (Phi) is 5.09. The van der Waals surface area contributed by atoms with Gasteiger partial charge in [-0.15, -0.1) is 0 Å². The second-order valence-corrected chi connectivity index (χ2v) is 8.19. The first-order valence-corrected chi connectivity index (χ1v) is 10.0. The van der Waals surface area contributed by atoms with Crippen LogP contribution < -0.4 is 15.5 Å². The van der Waals surface area contributed by atoms with Crippen molar-refractivity contribution in [2.24, 2.45) is 5.92 Å². The van der Waals surface area contributed by atoms with Crippen molar-refractivity contribution in [3.8, 4) is 5.75 Å². The summed E-state index contributed by atoms with van der Waals surface area (Å²) >= 11 is 6.20. The zero-order valence-electron chi connectivity index (χ0n) is 16.5. The van der Waals surface area contributed by atoms with Crippen molar-refractivity contribution in [3.05, 3.63) is 74.1 Å². The van der Waals surface area contributed by atoms with E-state index in [0.29, 0.717) is 39.8 Å². The molecule has 2 heterocycles. The maximum Gasteiger partial charge on any atom is 0.288 e. The molecule has 0 saturated carbocycles. The second-order valence-electron chi connectivity index (χ2n) is 7.78. The summed E-state index contributed by atoms with van der Waals surface area (Å²) in [7, 11) is 0. The highest BCUT2D eigenvalue weighted by atomic mass is 35.5. The third-order valence-corrected chi connectivity index (χ3v) is 5.54. The molecule has 4 rings (SSSR count). The van der Waals surface area contributed by atoms with Gasteiger partial charge in [0.15, 0.2) is 5.43 Å². The molecule has 1 unspecified atom stereocenters. The van der Waals surface area contributed by atoms with Gasteiger partial charge in [0.25, 0.3) is 5.91 Å². The number of benzene rings is 2. The lowest BCUT2D eigenvalue weighted by atomic mass is 9.99. The highest BCUT2D eigenvalue weighted by Gasteiger charge is 2.36. The summed E-state index contributed by atoms with van der Waals surface area (Å²) in [5, 5.41) is 3.71. The van der Waals surface area contributed by atoms with Gasteiger partial charge in [0.05, 0.1) is 23.6 Å². The molecular formula is C23H22ClNO4. The second kappa shape index (κ2) is 7.56. The van der Waals surface area contributed by atoms with Gasteiger partial charge in [-0.2, -0.15) is 0 Å². The Morgan fingerprint density at radius 2 is 2.00 bits per heavy atom. The molecule has 2 aromatic carbocycles. The van der Waals surface area contributed by atoms with Crippen LogP contribution in [0.5, 0.6) is 5.75 Å². The van der Waals surface area contributed by atoms with Crippen LogP contribution >= 0.6 is 11.6 Å². The van der Waals surface area contributed by atoms with Gasteiger partial charge in [-0.25, -0.2) is 0 Å². The lowest BCUT2D eigenvalue weighted by Gasteiger charge is -2.14. The number of hydrogen-bond donors (Lipinski definition) is 1. The van der Waals surface area contributed by atoms with Crippen molar-refractivity contribution in [2.45, 2.75) is 33.2 Å².